The minimum Gasteiger partial charge on any atom is -0.465 e. The largest absolute Gasteiger partial charge is 0.465 e. The van der Waals surface area contributed by atoms with Crippen LogP contribution in [0.3, 0.4) is 0 Å². The molecular formula is C20H22N2O4. The Morgan fingerprint density at radius 1 is 1.12 bits per heavy atom. The highest BCUT2D eigenvalue weighted by molar-refractivity contribution is 5.93. The van der Waals surface area contributed by atoms with E-state index in [0.29, 0.717) is 5.56 Å². The predicted octanol–water partition coefficient (Wildman–Crippen LogP) is 2.54. The average molecular weight is 354 g/mol. The third-order valence-corrected chi connectivity index (χ3v) is 4.22. The summed E-state index contributed by atoms with van der Waals surface area (Å²) in [5.41, 5.74) is 9.04. The van der Waals surface area contributed by atoms with E-state index in [1.807, 2.05) is 29.2 Å². The van der Waals surface area contributed by atoms with Crippen molar-refractivity contribution in [2.45, 2.75) is 19.8 Å². The molecule has 2 amide bonds. The number of carbonyl (C=O) groups is 3. The molecule has 2 aromatic rings. The molecule has 1 heterocycles. The van der Waals surface area contributed by atoms with E-state index in [2.05, 4.69) is 11.8 Å². The Labute approximate surface area is 152 Å². The van der Waals surface area contributed by atoms with Gasteiger partial charge in [-0.05, 0) is 53.8 Å². The molecule has 0 saturated heterocycles. The van der Waals surface area contributed by atoms with Crippen molar-refractivity contribution < 1.29 is 19.1 Å². The van der Waals surface area contributed by atoms with E-state index in [0.717, 1.165) is 36.2 Å². The first kappa shape index (κ1) is 19.2. The molecule has 1 aliphatic heterocycles. The first-order chi connectivity index (χ1) is 12.5. The number of amides is 2. The molecule has 0 atom stereocenters. The molecule has 6 heteroatoms. The van der Waals surface area contributed by atoms with Gasteiger partial charge >= 0.3 is 5.97 Å². The molecule has 2 aromatic carbocycles. The van der Waals surface area contributed by atoms with Crippen LogP contribution in [0, 0.1) is 0 Å². The van der Waals surface area contributed by atoms with E-state index in [1.165, 1.54) is 12.7 Å². The van der Waals surface area contributed by atoms with E-state index < -0.39 is 0 Å². The molecule has 6 nitrogen and oxygen atoms in total. The van der Waals surface area contributed by atoms with E-state index in [4.69, 9.17) is 9.53 Å². The molecule has 0 unspecified atom stereocenters. The number of nitrogens with zero attached hydrogens (tertiary/aromatic N) is 1. The van der Waals surface area contributed by atoms with Crippen LogP contribution in [0.15, 0.2) is 42.5 Å². The van der Waals surface area contributed by atoms with E-state index in [9.17, 15) is 9.59 Å². The summed E-state index contributed by atoms with van der Waals surface area (Å²) in [6.07, 6.45) is 2.21. The molecule has 3 rings (SSSR count). The van der Waals surface area contributed by atoms with Gasteiger partial charge in [-0.3, -0.25) is 9.59 Å². The Morgan fingerprint density at radius 2 is 1.73 bits per heavy atom. The van der Waals surface area contributed by atoms with Crippen LogP contribution in [0.25, 0.3) is 11.1 Å². The van der Waals surface area contributed by atoms with Crippen molar-refractivity contribution in [1.82, 2.24) is 0 Å². The molecule has 0 aromatic heterocycles. The third-order valence-electron chi connectivity index (χ3n) is 4.22. The standard InChI is InChI=1S/C19H19NO3.CH3NO/c1-13(21)20-11-3-4-17-12-16(9-10-18(17)20)14-5-7-15(8-6-14)19(22)23-2;2-1-3/h5-10,12H,3-4,11H2,1-2H3;1H,(H2,2,3). The van der Waals surface area contributed by atoms with Crippen molar-refractivity contribution in [3.63, 3.8) is 0 Å². The zero-order valence-electron chi connectivity index (χ0n) is 14.9. The van der Waals surface area contributed by atoms with Crippen molar-refractivity contribution >= 4 is 24.0 Å². The van der Waals surface area contributed by atoms with Crippen LogP contribution in [0.2, 0.25) is 0 Å². The maximum Gasteiger partial charge on any atom is 0.337 e. The van der Waals surface area contributed by atoms with E-state index in [1.54, 1.807) is 19.1 Å². The molecule has 0 aliphatic carbocycles. The molecule has 136 valence electrons. The topological polar surface area (TPSA) is 89.7 Å². The van der Waals surface area contributed by atoms with Gasteiger partial charge in [0.25, 0.3) is 0 Å². The van der Waals surface area contributed by atoms with Gasteiger partial charge in [0.05, 0.1) is 12.7 Å². The fraction of sp³-hybridized carbons (Fsp3) is 0.250. The minimum absolute atomic E-state index is 0.0844. The number of ether oxygens (including phenoxy) is 1. The summed E-state index contributed by atoms with van der Waals surface area (Å²) >= 11 is 0. The number of anilines is 1. The van der Waals surface area contributed by atoms with Crippen LogP contribution < -0.4 is 10.6 Å². The lowest BCUT2D eigenvalue weighted by Crippen LogP contribution is -2.33. The van der Waals surface area contributed by atoms with Gasteiger partial charge < -0.3 is 15.4 Å². The van der Waals surface area contributed by atoms with Crippen molar-refractivity contribution in [3.05, 3.63) is 53.6 Å². The molecule has 0 saturated carbocycles. The molecule has 0 spiro atoms. The van der Waals surface area contributed by atoms with Gasteiger partial charge in [-0.2, -0.15) is 0 Å². The Bertz CT molecular complexity index is 800. The van der Waals surface area contributed by atoms with Gasteiger partial charge in [0.1, 0.15) is 0 Å². The zero-order chi connectivity index (χ0) is 19.1. The van der Waals surface area contributed by atoms with Crippen LogP contribution in [0.1, 0.15) is 29.3 Å². The summed E-state index contributed by atoms with van der Waals surface area (Å²) in [6.45, 7) is 2.39. The average Bonchev–Trinajstić information content (AvgIpc) is 2.67. The van der Waals surface area contributed by atoms with E-state index >= 15 is 0 Å². The number of primary amides is 1. The molecule has 0 bridgehead atoms. The molecule has 0 fully saturated rings. The van der Waals surface area contributed by atoms with Crippen molar-refractivity contribution in [3.8, 4) is 11.1 Å². The second-order valence-corrected chi connectivity index (χ2v) is 5.82. The zero-order valence-corrected chi connectivity index (χ0v) is 14.9. The second-order valence-electron chi connectivity index (χ2n) is 5.82. The third kappa shape index (κ3) is 4.27. The summed E-state index contributed by atoms with van der Waals surface area (Å²) in [6, 6.07) is 13.5. The second kappa shape index (κ2) is 8.80. The molecule has 1 aliphatic rings. The summed E-state index contributed by atoms with van der Waals surface area (Å²) in [5.74, 6) is -0.250. The van der Waals surface area contributed by atoms with Crippen molar-refractivity contribution in [1.29, 1.82) is 0 Å². The molecular weight excluding hydrogens is 332 g/mol. The maximum absolute atomic E-state index is 11.7. The van der Waals surface area contributed by atoms with Crippen LogP contribution in [0.5, 0.6) is 0 Å². The number of methoxy groups -OCH3 is 1. The summed E-state index contributed by atoms with van der Waals surface area (Å²) in [7, 11) is 1.38. The highest BCUT2D eigenvalue weighted by Crippen LogP contribution is 2.31. The van der Waals surface area contributed by atoms with Crippen LogP contribution in [-0.4, -0.2) is 31.9 Å². The predicted molar refractivity (Wildman–Crippen MR) is 99.8 cm³/mol. The van der Waals surface area contributed by atoms with Gasteiger partial charge in [-0.1, -0.05) is 18.2 Å². The number of nitrogens with two attached hydrogens (primary N) is 1. The lowest BCUT2D eigenvalue weighted by molar-refractivity contribution is -0.116. The number of hydrogen-bond donors (Lipinski definition) is 1. The van der Waals surface area contributed by atoms with Crippen LogP contribution >= 0.6 is 0 Å². The number of rotatable bonds is 2. The SMILES string of the molecule is COC(=O)c1ccc(-c2ccc3c(c2)CCCN3C(C)=O)cc1.NC=O. The number of benzene rings is 2. The molecule has 26 heavy (non-hydrogen) atoms. The Kier molecular flexibility index (Phi) is 6.49. The highest BCUT2D eigenvalue weighted by atomic mass is 16.5. The van der Waals surface area contributed by atoms with Crippen LogP contribution in [-0.2, 0) is 20.7 Å². The fourth-order valence-corrected chi connectivity index (χ4v) is 3.02. The van der Waals surface area contributed by atoms with Gasteiger partial charge in [-0.15, -0.1) is 0 Å². The van der Waals surface area contributed by atoms with Gasteiger partial charge in [0.15, 0.2) is 0 Å². The number of aryl methyl sites for hydroxylation is 1. The van der Waals surface area contributed by atoms with Crippen molar-refractivity contribution in [2.75, 3.05) is 18.6 Å². The Morgan fingerprint density at radius 3 is 2.31 bits per heavy atom. The van der Waals surface area contributed by atoms with Gasteiger partial charge in [0, 0.05) is 19.2 Å². The molecule has 0 radical (unpaired) electrons. The number of esters is 1. The normalized spacial score (nSPS) is 12.3. The minimum atomic E-state index is -0.334. The smallest absolute Gasteiger partial charge is 0.337 e. The molecule has 2 N–H and O–H groups in total. The summed E-state index contributed by atoms with van der Waals surface area (Å²) < 4.78 is 4.71. The Balaban J connectivity index is 0.000000758. The highest BCUT2D eigenvalue weighted by Gasteiger charge is 2.20. The number of hydrogen-bond acceptors (Lipinski definition) is 4. The van der Waals surface area contributed by atoms with Crippen LogP contribution in [0.4, 0.5) is 5.69 Å². The fourth-order valence-electron chi connectivity index (χ4n) is 3.02. The Hall–Kier alpha value is -3.15. The monoisotopic (exact) mass is 354 g/mol. The summed E-state index contributed by atoms with van der Waals surface area (Å²) in [4.78, 5) is 33.6. The number of carbonyl (C=O) groups excluding carboxylic acids is 3. The van der Waals surface area contributed by atoms with Crippen molar-refractivity contribution in [2.24, 2.45) is 5.73 Å². The van der Waals surface area contributed by atoms with Gasteiger partial charge in [0.2, 0.25) is 12.3 Å². The lowest BCUT2D eigenvalue weighted by Gasteiger charge is -2.29. The number of fused-ring (bicyclic) bond motifs is 1. The first-order valence-corrected chi connectivity index (χ1v) is 8.27. The maximum atomic E-state index is 11.7. The summed E-state index contributed by atoms with van der Waals surface area (Å²) in [5, 5.41) is 0. The lowest BCUT2D eigenvalue weighted by atomic mass is 9.95. The van der Waals surface area contributed by atoms with E-state index in [-0.39, 0.29) is 18.3 Å². The first-order valence-electron chi connectivity index (χ1n) is 8.27. The quantitative estimate of drug-likeness (QED) is 0.663. The van der Waals surface area contributed by atoms with Gasteiger partial charge in [-0.25, -0.2) is 4.79 Å².